The van der Waals surface area contributed by atoms with E-state index in [1.165, 1.54) is 18.3 Å². The molecular formula is C18H19N3O4. The Morgan fingerprint density at radius 3 is 2.52 bits per heavy atom. The number of hydrazone groups is 1. The van der Waals surface area contributed by atoms with Gasteiger partial charge in [-0.05, 0) is 42.0 Å². The topological polar surface area (TPSA) is 100 Å². The van der Waals surface area contributed by atoms with Crippen LogP contribution in [-0.2, 0) is 9.59 Å². The Kier molecular flexibility index (Phi) is 6.53. The van der Waals surface area contributed by atoms with Crippen molar-refractivity contribution in [2.75, 3.05) is 12.4 Å². The summed E-state index contributed by atoms with van der Waals surface area (Å²) in [5, 5.41) is 15.8. The highest BCUT2D eigenvalue weighted by molar-refractivity contribution is 5.93. The highest BCUT2D eigenvalue weighted by atomic mass is 16.5. The van der Waals surface area contributed by atoms with E-state index in [0.29, 0.717) is 17.0 Å². The van der Waals surface area contributed by atoms with Crippen LogP contribution in [0.15, 0.2) is 53.6 Å². The summed E-state index contributed by atoms with van der Waals surface area (Å²) in [5.74, 6) is 0.172. The van der Waals surface area contributed by atoms with Gasteiger partial charge in [-0.25, -0.2) is 5.43 Å². The molecule has 3 N–H and O–H groups in total. The van der Waals surface area contributed by atoms with Crippen LogP contribution in [0, 0.1) is 0 Å². The molecule has 0 saturated carbocycles. The number of nitrogens with one attached hydrogen (secondary N) is 2. The van der Waals surface area contributed by atoms with Gasteiger partial charge >= 0.3 is 0 Å². The van der Waals surface area contributed by atoms with Crippen LogP contribution >= 0.6 is 0 Å². The van der Waals surface area contributed by atoms with Gasteiger partial charge in [0.2, 0.25) is 11.8 Å². The van der Waals surface area contributed by atoms with Crippen molar-refractivity contribution in [3.05, 3.63) is 54.1 Å². The van der Waals surface area contributed by atoms with Crippen LogP contribution in [-0.4, -0.2) is 30.2 Å². The Hall–Kier alpha value is -3.35. The fourth-order valence-corrected chi connectivity index (χ4v) is 1.96. The molecule has 0 aliphatic carbocycles. The van der Waals surface area contributed by atoms with Crippen molar-refractivity contribution in [1.29, 1.82) is 0 Å². The number of anilines is 1. The van der Waals surface area contributed by atoms with Crippen molar-refractivity contribution in [3.8, 4) is 11.5 Å². The summed E-state index contributed by atoms with van der Waals surface area (Å²) in [6, 6.07) is 13.4. The molecule has 7 nitrogen and oxygen atoms in total. The van der Waals surface area contributed by atoms with Gasteiger partial charge in [-0.15, -0.1) is 0 Å². The number of hydrogen-bond donors (Lipinski definition) is 3. The number of carbonyl (C=O) groups is 2. The number of rotatable bonds is 7. The molecule has 2 rings (SSSR count). The van der Waals surface area contributed by atoms with Gasteiger partial charge in [0.25, 0.3) is 0 Å². The van der Waals surface area contributed by atoms with E-state index in [1.54, 1.807) is 43.5 Å². The molecule has 0 atom stereocenters. The normalized spacial score (nSPS) is 10.4. The third-order valence-electron chi connectivity index (χ3n) is 3.23. The predicted octanol–water partition coefficient (Wildman–Crippen LogP) is 2.27. The second-order valence-corrected chi connectivity index (χ2v) is 5.16. The van der Waals surface area contributed by atoms with Crippen LogP contribution in [0.3, 0.4) is 0 Å². The summed E-state index contributed by atoms with van der Waals surface area (Å²) in [4.78, 5) is 23.5. The highest BCUT2D eigenvalue weighted by Crippen LogP contribution is 2.15. The van der Waals surface area contributed by atoms with E-state index in [1.807, 2.05) is 0 Å². The molecule has 0 spiro atoms. The minimum absolute atomic E-state index is 0.0133. The monoisotopic (exact) mass is 341 g/mol. The second kappa shape index (κ2) is 9.07. The number of nitrogens with zero attached hydrogens (tertiary/aromatic N) is 1. The lowest BCUT2D eigenvalue weighted by molar-refractivity contribution is -0.124. The Labute approximate surface area is 145 Å². The zero-order valence-electron chi connectivity index (χ0n) is 13.7. The zero-order chi connectivity index (χ0) is 18.1. The summed E-state index contributed by atoms with van der Waals surface area (Å²) < 4.78 is 5.04. The number of phenolic OH excluding ortho intramolecular Hbond substituents is 1. The van der Waals surface area contributed by atoms with E-state index in [-0.39, 0.29) is 30.4 Å². The number of hydrogen-bond acceptors (Lipinski definition) is 5. The molecule has 130 valence electrons. The molecule has 25 heavy (non-hydrogen) atoms. The minimum Gasteiger partial charge on any atom is -0.508 e. The van der Waals surface area contributed by atoms with Crippen molar-refractivity contribution in [2.24, 2.45) is 5.10 Å². The third kappa shape index (κ3) is 6.34. The number of methoxy groups -OCH3 is 1. The van der Waals surface area contributed by atoms with Crippen LogP contribution in [0.2, 0.25) is 0 Å². The predicted molar refractivity (Wildman–Crippen MR) is 94.7 cm³/mol. The Morgan fingerprint density at radius 1 is 1.12 bits per heavy atom. The van der Waals surface area contributed by atoms with Crippen molar-refractivity contribution in [1.82, 2.24) is 5.43 Å². The quantitative estimate of drug-likeness (QED) is 0.531. The lowest BCUT2D eigenvalue weighted by Gasteiger charge is -2.06. The molecule has 0 saturated heterocycles. The Balaban J connectivity index is 1.72. The van der Waals surface area contributed by atoms with E-state index >= 15 is 0 Å². The maximum atomic E-state index is 11.8. The van der Waals surface area contributed by atoms with Gasteiger partial charge in [0.15, 0.2) is 0 Å². The van der Waals surface area contributed by atoms with Gasteiger partial charge in [-0.1, -0.05) is 12.1 Å². The highest BCUT2D eigenvalue weighted by Gasteiger charge is 2.07. The first-order valence-electron chi connectivity index (χ1n) is 7.61. The maximum absolute atomic E-state index is 11.8. The molecule has 0 aromatic heterocycles. The average molecular weight is 341 g/mol. The van der Waals surface area contributed by atoms with Crippen molar-refractivity contribution in [3.63, 3.8) is 0 Å². The number of aromatic hydroxyl groups is 1. The van der Waals surface area contributed by atoms with Gasteiger partial charge in [0, 0.05) is 18.5 Å². The number of carbonyl (C=O) groups excluding carboxylic acids is 2. The van der Waals surface area contributed by atoms with Crippen LogP contribution < -0.4 is 15.5 Å². The molecule has 7 heteroatoms. The summed E-state index contributed by atoms with van der Waals surface area (Å²) in [7, 11) is 1.56. The molecule has 0 aliphatic rings. The first kappa shape index (κ1) is 18.0. The summed E-state index contributed by atoms with van der Waals surface area (Å²) in [6.07, 6.45) is 1.47. The van der Waals surface area contributed by atoms with Gasteiger partial charge in [0.1, 0.15) is 11.5 Å². The van der Waals surface area contributed by atoms with E-state index in [9.17, 15) is 14.7 Å². The fraction of sp³-hybridized carbons (Fsp3) is 0.167. The maximum Gasteiger partial charge on any atom is 0.240 e. The van der Waals surface area contributed by atoms with Crippen molar-refractivity contribution in [2.45, 2.75) is 12.8 Å². The fourth-order valence-electron chi connectivity index (χ4n) is 1.96. The number of phenols is 1. The molecule has 2 aromatic carbocycles. The first-order valence-corrected chi connectivity index (χ1v) is 7.61. The summed E-state index contributed by atoms with van der Waals surface area (Å²) >= 11 is 0. The molecular weight excluding hydrogens is 322 g/mol. The smallest absolute Gasteiger partial charge is 0.240 e. The van der Waals surface area contributed by atoms with Crippen LogP contribution in [0.5, 0.6) is 11.5 Å². The van der Waals surface area contributed by atoms with Gasteiger partial charge in [-0.3, -0.25) is 9.59 Å². The standard InChI is InChI=1S/C18H19N3O4/c1-25-16-7-5-14(6-8-16)20-17(23)9-10-18(24)21-19-12-13-3-2-4-15(22)11-13/h2-8,11-12,22H,9-10H2,1H3,(H,20,23)(H,21,24). The molecule has 0 radical (unpaired) electrons. The Bertz CT molecular complexity index is 757. The minimum atomic E-state index is -0.374. The number of ether oxygens (including phenoxy) is 1. The molecule has 0 heterocycles. The van der Waals surface area contributed by atoms with Crippen molar-refractivity contribution < 1.29 is 19.4 Å². The average Bonchev–Trinajstić information content (AvgIpc) is 2.61. The molecule has 2 amide bonds. The van der Waals surface area contributed by atoms with Gasteiger partial charge < -0.3 is 15.2 Å². The van der Waals surface area contributed by atoms with Crippen LogP contribution in [0.25, 0.3) is 0 Å². The molecule has 0 aliphatic heterocycles. The van der Waals surface area contributed by atoms with Gasteiger partial charge in [-0.2, -0.15) is 5.10 Å². The SMILES string of the molecule is COc1ccc(NC(=O)CCC(=O)NN=Cc2cccc(O)c2)cc1. The molecule has 2 aromatic rings. The largest absolute Gasteiger partial charge is 0.508 e. The lowest BCUT2D eigenvalue weighted by Crippen LogP contribution is -2.20. The van der Waals surface area contributed by atoms with E-state index in [2.05, 4.69) is 15.8 Å². The van der Waals surface area contributed by atoms with Crippen molar-refractivity contribution >= 4 is 23.7 Å². The summed E-state index contributed by atoms with van der Waals surface area (Å²) in [6.45, 7) is 0. The second-order valence-electron chi connectivity index (χ2n) is 5.16. The first-order chi connectivity index (χ1) is 12.1. The van der Waals surface area contributed by atoms with E-state index < -0.39 is 0 Å². The number of amides is 2. The third-order valence-corrected chi connectivity index (χ3v) is 3.23. The van der Waals surface area contributed by atoms with E-state index in [0.717, 1.165) is 0 Å². The number of benzene rings is 2. The van der Waals surface area contributed by atoms with Crippen LogP contribution in [0.1, 0.15) is 18.4 Å². The van der Waals surface area contributed by atoms with Gasteiger partial charge in [0.05, 0.1) is 13.3 Å². The lowest BCUT2D eigenvalue weighted by atomic mass is 10.2. The summed E-state index contributed by atoms with van der Waals surface area (Å²) in [5.41, 5.74) is 3.62. The van der Waals surface area contributed by atoms with E-state index in [4.69, 9.17) is 4.74 Å². The zero-order valence-corrected chi connectivity index (χ0v) is 13.7. The molecule has 0 unspecified atom stereocenters. The van der Waals surface area contributed by atoms with Crippen LogP contribution in [0.4, 0.5) is 5.69 Å². The molecule has 0 fully saturated rings. The molecule has 0 bridgehead atoms. The Morgan fingerprint density at radius 2 is 1.84 bits per heavy atom.